The van der Waals surface area contributed by atoms with Crippen LogP contribution in [0.25, 0.3) is 22.3 Å². The lowest BCUT2D eigenvalue weighted by Crippen LogP contribution is -2.23. The van der Waals surface area contributed by atoms with E-state index < -0.39 is 11.7 Å². The maximum atomic E-state index is 11.5. The largest absolute Gasteiger partial charge is 0.394 e. The summed E-state index contributed by atoms with van der Waals surface area (Å²) >= 11 is 0. The third-order valence-electron chi connectivity index (χ3n) is 5.31. The van der Waals surface area contributed by atoms with E-state index >= 15 is 0 Å². The van der Waals surface area contributed by atoms with Gasteiger partial charge < -0.3 is 35.5 Å². The average Bonchev–Trinajstić information content (AvgIpc) is 3.59. The van der Waals surface area contributed by atoms with Crippen LogP contribution in [0.5, 0.6) is 0 Å². The maximum absolute atomic E-state index is 11.5. The van der Waals surface area contributed by atoms with Crippen molar-refractivity contribution in [2.75, 3.05) is 25.6 Å². The molecule has 1 aliphatic rings. The van der Waals surface area contributed by atoms with Crippen molar-refractivity contribution in [3.05, 3.63) is 39.7 Å². The van der Waals surface area contributed by atoms with Crippen LogP contribution >= 0.6 is 0 Å². The lowest BCUT2D eigenvalue weighted by molar-refractivity contribution is -0.0488. The van der Waals surface area contributed by atoms with Gasteiger partial charge in [-0.15, -0.1) is 0 Å². The molecule has 0 amide bonds. The maximum Gasteiger partial charge on any atom is 0.280 e. The molecule has 4 aromatic heterocycles. The summed E-state index contributed by atoms with van der Waals surface area (Å²) in [7, 11) is 0. The number of rotatable bonds is 7. The zero-order chi connectivity index (χ0) is 24.9. The Bertz CT molecular complexity index is 1390. The highest BCUT2D eigenvalue weighted by Crippen LogP contribution is 2.29. The Kier molecular flexibility index (Phi) is 7.47. The normalized spacial score (nSPS) is 17.8. The van der Waals surface area contributed by atoms with Crippen LogP contribution in [-0.2, 0) is 16.2 Å². The lowest BCUT2D eigenvalue weighted by Gasteiger charge is -2.13. The van der Waals surface area contributed by atoms with E-state index in [0.29, 0.717) is 11.2 Å². The molecule has 0 bridgehead atoms. The molecule has 0 unspecified atom stereocenters. The van der Waals surface area contributed by atoms with E-state index in [1.807, 2.05) is 0 Å². The van der Waals surface area contributed by atoms with Crippen molar-refractivity contribution in [3.63, 3.8) is 0 Å². The number of ether oxygens (including phenoxy) is 2. The molecule has 0 radical (unpaired) electrons. The monoisotopic (exact) mass is 491 g/mol. The Labute approximate surface area is 196 Å². The summed E-state index contributed by atoms with van der Waals surface area (Å²) in [5.41, 5.74) is 5.99. The van der Waals surface area contributed by atoms with Crippen LogP contribution in [0.4, 0.5) is 5.95 Å². The van der Waals surface area contributed by atoms with Crippen LogP contribution in [0.3, 0.4) is 0 Å². The second-order valence-electron chi connectivity index (χ2n) is 7.65. The summed E-state index contributed by atoms with van der Waals surface area (Å²) in [5.74, 6) is -0.0184. The van der Waals surface area contributed by atoms with Gasteiger partial charge in [0.2, 0.25) is 5.95 Å². The number of nitrogens with zero attached hydrogens (tertiary/aromatic N) is 6. The molecule has 0 aliphatic carbocycles. The van der Waals surface area contributed by atoms with Crippen LogP contribution in [0.1, 0.15) is 19.1 Å². The molecule has 0 aromatic carbocycles. The quantitative estimate of drug-likeness (QED) is 0.162. The molecule has 7 N–H and O–H groups in total. The van der Waals surface area contributed by atoms with E-state index in [1.54, 1.807) is 10.9 Å². The van der Waals surface area contributed by atoms with Gasteiger partial charge in [-0.3, -0.25) is 23.7 Å². The molecule has 1 fully saturated rings. The van der Waals surface area contributed by atoms with E-state index in [4.69, 9.17) is 30.5 Å². The first kappa shape index (κ1) is 24.4. The predicted octanol–water partition coefficient (Wildman–Crippen LogP) is -2.18. The van der Waals surface area contributed by atoms with Crippen LogP contribution < -0.4 is 16.9 Å². The number of aromatic nitrogens is 8. The Morgan fingerprint density at radius 1 is 1.09 bits per heavy atom. The standard InChI is InChI=1S/C10H12N4O3.C9H13N5O4/c15-3-6-1-2-7(17-6)14-5-13-8-9(14)11-4-12-10(8)16;10-9-12-7-6(8(17)13-9)11-3-14(7)4-18-5(1-15)2-16/h4-7,15H,1-3H2,(H,11,12,16);3,5,15-16H,1-2,4H2,(H3,10,12,13,17)/t6-,7+;/m0./s1. The number of nitrogens with one attached hydrogen (secondary N) is 2. The van der Waals surface area contributed by atoms with E-state index in [-0.39, 0.29) is 61.6 Å². The summed E-state index contributed by atoms with van der Waals surface area (Å²) in [6.45, 7) is -0.603. The van der Waals surface area contributed by atoms with Crippen molar-refractivity contribution in [2.24, 2.45) is 0 Å². The number of H-pyrrole nitrogens is 2. The molecule has 5 heterocycles. The van der Waals surface area contributed by atoms with E-state index in [0.717, 1.165) is 12.8 Å². The van der Waals surface area contributed by atoms with E-state index in [9.17, 15) is 9.59 Å². The third-order valence-corrected chi connectivity index (χ3v) is 5.31. The average molecular weight is 491 g/mol. The fraction of sp³-hybridized carbons (Fsp3) is 0.474. The Balaban J connectivity index is 0.000000165. The van der Waals surface area contributed by atoms with Gasteiger partial charge in [0.15, 0.2) is 22.3 Å². The van der Waals surface area contributed by atoms with Crippen molar-refractivity contribution < 1.29 is 24.8 Å². The molecular formula is C19H25N9O7. The molecule has 188 valence electrons. The molecule has 35 heavy (non-hydrogen) atoms. The predicted molar refractivity (Wildman–Crippen MR) is 120 cm³/mol. The SMILES string of the molecule is Nc1nc2c(ncn2COC(CO)CO)c(=O)[nH]1.O=c1[nH]cnc2c1ncn2[C@H]1CC[C@@H](CO)O1. The van der Waals surface area contributed by atoms with Gasteiger partial charge in [0.05, 0.1) is 44.9 Å². The lowest BCUT2D eigenvalue weighted by atomic mass is 10.2. The molecule has 1 aliphatic heterocycles. The summed E-state index contributed by atoms with van der Waals surface area (Å²) < 4.78 is 14.0. The number of hydrogen-bond acceptors (Lipinski definition) is 12. The number of nitrogen functional groups attached to an aromatic ring is 1. The van der Waals surface area contributed by atoms with Gasteiger partial charge >= 0.3 is 0 Å². The zero-order valence-corrected chi connectivity index (χ0v) is 18.4. The minimum atomic E-state index is -0.693. The van der Waals surface area contributed by atoms with E-state index in [2.05, 4.69) is 29.9 Å². The molecule has 4 aromatic rings. The molecule has 1 saturated heterocycles. The number of nitrogens with two attached hydrogens (primary N) is 1. The fourth-order valence-electron chi connectivity index (χ4n) is 3.51. The summed E-state index contributed by atoms with van der Waals surface area (Å²) in [4.78, 5) is 43.7. The van der Waals surface area contributed by atoms with Crippen molar-refractivity contribution >= 4 is 28.3 Å². The summed E-state index contributed by atoms with van der Waals surface area (Å²) in [6.07, 6.45) is 4.82. The highest BCUT2D eigenvalue weighted by molar-refractivity contribution is 5.70. The number of aliphatic hydroxyl groups is 3. The van der Waals surface area contributed by atoms with Gasteiger partial charge in [0, 0.05) is 0 Å². The van der Waals surface area contributed by atoms with Gasteiger partial charge in [-0.05, 0) is 12.8 Å². The van der Waals surface area contributed by atoms with Crippen molar-refractivity contribution in [1.82, 2.24) is 39.0 Å². The third kappa shape index (κ3) is 5.20. The number of aliphatic hydroxyl groups excluding tert-OH is 3. The Morgan fingerprint density at radius 3 is 2.54 bits per heavy atom. The first-order chi connectivity index (χ1) is 16.9. The Hall–Kier alpha value is -3.70. The highest BCUT2D eigenvalue weighted by atomic mass is 16.5. The van der Waals surface area contributed by atoms with Crippen molar-refractivity contribution in [1.29, 1.82) is 0 Å². The molecule has 2 atom stereocenters. The topological polar surface area (TPSA) is 232 Å². The van der Waals surface area contributed by atoms with Crippen LogP contribution in [0.2, 0.25) is 0 Å². The minimum Gasteiger partial charge on any atom is -0.394 e. The molecular weight excluding hydrogens is 466 g/mol. The van der Waals surface area contributed by atoms with Gasteiger partial charge in [0.25, 0.3) is 11.1 Å². The molecule has 0 saturated carbocycles. The Morgan fingerprint density at radius 2 is 1.83 bits per heavy atom. The van der Waals surface area contributed by atoms with Crippen LogP contribution in [-0.4, -0.2) is 86.4 Å². The van der Waals surface area contributed by atoms with Crippen LogP contribution in [0.15, 0.2) is 28.6 Å². The van der Waals surface area contributed by atoms with Gasteiger partial charge in [-0.1, -0.05) is 0 Å². The highest BCUT2D eigenvalue weighted by Gasteiger charge is 2.27. The van der Waals surface area contributed by atoms with E-state index in [1.165, 1.54) is 17.2 Å². The molecule has 0 spiro atoms. The van der Waals surface area contributed by atoms with Crippen molar-refractivity contribution in [2.45, 2.75) is 38.0 Å². The number of imidazole rings is 2. The zero-order valence-electron chi connectivity index (χ0n) is 18.4. The molecule has 16 heteroatoms. The number of aromatic amines is 2. The summed E-state index contributed by atoms with van der Waals surface area (Å²) in [5, 5.41) is 26.7. The number of fused-ring (bicyclic) bond motifs is 2. The molecule has 16 nitrogen and oxygen atoms in total. The fourth-order valence-corrected chi connectivity index (χ4v) is 3.51. The number of hydrogen-bond donors (Lipinski definition) is 6. The smallest absolute Gasteiger partial charge is 0.280 e. The van der Waals surface area contributed by atoms with Gasteiger partial charge in [-0.2, -0.15) is 4.98 Å². The summed E-state index contributed by atoms with van der Waals surface area (Å²) in [6, 6.07) is 0. The van der Waals surface area contributed by atoms with Crippen LogP contribution in [0, 0.1) is 0 Å². The van der Waals surface area contributed by atoms with Crippen molar-refractivity contribution in [3.8, 4) is 0 Å². The second-order valence-corrected chi connectivity index (χ2v) is 7.65. The minimum absolute atomic E-state index is 0.00181. The first-order valence-electron chi connectivity index (χ1n) is 10.7. The second kappa shape index (κ2) is 10.7. The molecule has 5 rings (SSSR count). The van der Waals surface area contributed by atoms with Gasteiger partial charge in [-0.25, -0.2) is 15.0 Å². The number of anilines is 1. The van der Waals surface area contributed by atoms with Gasteiger partial charge in [0.1, 0.15) is 19.1 Å². The first-order valence-corrected chi connectivity index (χ1v) is 10.7.